The molecule has 0 spiro atoms. The molecule has 0 aliphatic heterocycles. The second kappa shape index (κ2) is 5.91. The fourth-order valence-corrected chi connectivity index (χ4v) is 2.47. The van der Waals surface area contributed by atoms with E-state index in [1.54, 1.807) is 6.07 Å². The van der Waals surface area contributed by atoms with E-state index < -0.39 is 17.3 Å². The van der Waals surface area contributed by atoms with Crippen LogP contribution in [0, 0.1) is 12.7 Å². The Kier molecular flexibility index (Phi) is 4.39. The van der Waals surface area contributed by atoms with Crippen molar-refractivity contribution >= 4 is 50.6 Å². The Balaban J connectivity index is 2.43. The first-order valence-electron chi connectivity index (χ1n) is 5.84. The van der Waals surface area contributed by atoms with E-state index in [0.717, 1.165) is 22.2 Å². The van der Waals surface area contributed by atoms with E-state index in [9.17, 15) is 9.18 Å². The van der Waals surface area contributed by atoms with Crippen molar-refractivity contribution in [3.05, 3.63) is 50.7 Å². The van der Waals surface area contributed by atoms with Gasteiger partial charge in [-0.25, -0.2) is 9.18 Å². The van der Waals surface area contributed by atoms with Gasteiger partial charge in [0, 0.05) is 15.6 Å². The summed E-state index contributed by atoms with van der Waals surface area (Å²) in [6.45, 7) is 1.85. The van der Waals surface area contributed by atoms with Gasteiger partial charge in [-0.1, -0.05) is 11.6 Å². The minimum atomic E-state index is -1.37. The molecule has 0 radical (unpaired) electrons. The lowest BCUT2D eigenvalue weighted by Crippen LogP contribution is -2.05. The second-order valence-corrected chi connectivity index (χ2v) is 5.69. The van der Waals surface area contributed by atoms with Crippen LogP contribution in [0.25, 0.3) is 0 Å². The van der Waals surface area contributed by atoms with Crippen molar-refractivity contribution in [2.75, 3.05) is 11.1 Å². The lowest BCUT2D eigenvalue weighted by atomic mass is 10.1. The number of halogens is 3. The Hall–Kier alpha value is -1.79. The largest absolute Gasteiger partial charge is 0.478 e. The number of benzene rings is 2. The van der Waals surface area contributed by atoms with Crippen molar-refractivity contribution < 1.29 is 14.3 Å². The molecule has 0 unspecified atom stereocenters. The van der Waals surface area contributed by atoms with Crippen LogP contribution >= 0.6 is 27.5 Å². The molecule has 4 nitrogen and oxygen atoms in total. The number of aromatic carboxylic acids is 1. The number of hydrogen-bond acceptors (Lipinski definition) is 3. The fourth-order valence-electron chi connectivity index (χ4n) is 1.75. The molecule has 110 valence electrons. The number of anilines is 3. The summed E-state index contributed by atoms with van der Waals surface area (Å²) in [5, 5.41) is 12.3. The van der Waals surface area contributed by atoms with Crippen molar-refractivity contribution in [1.29, 1.82) is 0 Å². The predicted octanol–water partition coefficient (Wildman–Crippen LogP) is 4.57. The Labute approximate surface area is 133 Å². The van der Waals surface area contributed by atoms with Gasteiger partial charge in [0.2, 0.25) is 0 Å². The zero-order chi connectivity index (χ0) is 15.7. The molecule has 2 aromatic carbocycles. The average Bonchev–Trinajstić information content (AvgIpc) is 2.39. The van der Waals surface area contributed by atoms with Crippen LogP contribution in [0.5, 0.6) is 0 Å². The number of nitrogens with one attached hydrogen (secondary N) is 1. The fraction of sp³-hybridized carbons (Fsp3) is 0.0714. The smallest absolute Gasteiger partial charge is 0.338 e. The van der Waals surface area contributed by atoms with E-state index in [2.05, 4.69) is 21.2 Å². The van der Waals surface area contributed by atoms with E-state index in [4.69, 9.17) is 22.4 Å². The number of rotatable bonds is 3. The summed E-state index contributed by atoms with van der Waals surface area (Å²) >= 11 is 9.42. The van der Waals surface area contributed by atoms with Crippen molar-refractivity contribution in [1.82, 2.24) is 0 Å². The predicted molar refractivity (Wildman–Crippen MR) is 84.9 cm³/mol. The van der Waals surface area contributed by atoms with Crippen molar-refractivity contribution in [3.63, 3.8) is 0 Å². The molecule has 21 heavy (non-hydrogen) atoms. The summed E-state index contributed by atoms with van der Waals surface area (Å²) in [6, 6.07) is 5.59. The van der Waals surface area contributed by atoms with Gasteiger partial charge in [0.05, 0.1) is 22.6 Å². The number of nitrogens with two attached hydrogens (primary N) is 1. The molecule has 0 saturated carbocycles. The van der Waals surface area contributed by atoms with Crippen LogP contribution in [0.1, 0.15) is 15.9 Å². The third kappa shape index (κ3) is 3.28. The lowest BCUT2D eigenvalue weighted by Gasteiger charge is -2.13. The lowest BCUT2D eigenvalue weighted by molar-refractivity contribution is 0.0692. The van der Waals surface area contributed by atoms with Crippen LogP contribution in [-0.4, -0.2) is 11.1 Å². The summed E-state index contributed by atoms with van der Waals surface area (Å²) in [6.07, 6.45) is 0. The molecule has 7 heteroatoms. The summed E-state index contributed by atoms with van der Waals surface area (Å²) in [4.78, 5) is 10.8. The normalized spacial score (nSPS) is 10.5. The maximum Gasteiger partial charge on any atom is 0.338 e. The van der Waals surface area contributed by atoms with Crippen molar-refractivity contribution in [2.24, 2.45) is 0 Å². The van der Waals surface area contributed by atoms with E-state index in [1.165, 1.54) is 0 Å². The zero-order valence-electron chi connectivity index (χ0n) is 10.9. The highest BCUT2D eigenvalue weighted by molar-refractivity contribution is 9.10. The van der Waals surface area contributed by atoms with Gasteiger partial charge in [0.1, 0.15) is 5.82 Å². The Bertz CT molecular complexity index is 737. The topological polar surface area (TPSA) is 75.3 Å². The van der Waals surface area contributed by atoms with Crippen LogP contribution in [0.2, 0.25) is 5.02 Å². The van der Waals surface area contributed by atoms with Gasteiger partial charge in [-0.05, 0) is 46.6 Å². The standard InChI is InChI=1S/C14H11BrClFN2O2/c1-6-2-8(15)12(4-9(6)16)19-13-5-10(17)7(14(20)21)3-11(13)18/h2-5,19H,18H2,1H3,(H,20,21). The van der Waals surface area contributed by atoms with Gasteiger partial charge in [-0.3, -0.25) is 0 Å². The molecule has 0 aliphatic rings. The van der Waals surface area contributed by atoms with E-state index in [0.29, 0.717) is 10.7 Å². The van der Waals surface area contributed by atoms with E-state index >= 15 is 0 Å². The number of hydrogen-bond donors (Lipinski definition) is 3. The number of aryl methyl sites for hydroxylation is 1. The first kappa shape index (κ1) is 15.6. The quantitative estimate of drug-likeness (QED) is 0.689. The third-order valence-corrected chi connectivity index (χ3v) is 3.95. The highest BCUT2D eigenvalue weighted by Gasteiger charge is 2.14. The van der Waals surface area contributed by atoms with E-state index in [1.807, 2.05) is 13.0 Å². The molecule has 0 amide bonds. The summed E-state index contributed by atoms with van der Waals surface area (Å²) in [5.74, 6) is -2.24. The maximum atomic E-state index is 13.7. The van der Waals surface area contributed by atoms with Gasteiger partial charge >= 0.3 is 5.97 Å². The summed E-state index contributed by atoms with van der Waals surface area (Å²) < 4.78 is 14.4. The van der Waals surface area contributed by atoms with Gasteiger partial charge in [-0.2, -0.15) is 0 Å². The first-order valence-corrected chi connectivity index (χ1v) is 7.01. The average molecular weight is 374 g/mol. The van der Waals surface area contributed by atoms with Crippen molar-refractivity contribution in [3.8, 4) is 0 Å². The van der Waals surface area contributed by atoms with Crippen LogP contribution < -0.4 is 11.1 Å². The van der Waals surface area contributed by atoms with Crippen LogP contribution in [0.15, 0.2) is 28.7 Å². The van der Waals surface area contributed by atoms with Crippen LogP contribution in [-0.2, 0) is 0 Å². The summed E-state index contributed by atoms with van der Waals surface area (Å²) in [5.41, 5.74) is 7.15. The Morgan fingerprint density at radius 2 is 2.00 bits per heavy atom. The third-order valence-electron chi connectivity index (χ3n) is 2.89. The van der Waals surface area contributed by atoms with Gasteiger partial charge in [0.25, 0.3) is 0 Å². The van der Waals surface area contributed by atoms with E-state index in [-0.39, 0.29) is 11.4 Å². The van der Waals surface area contributed by atoms with Crippen molar-refractivity contribution in [2.45, 2.75) is 6.92 Å². The minimum absolute atomic E-state index is 0.123. The number of nitrogen functional groups attached to an aromatic ring is 1. The molecule has 0 atom stereocenters. The molecular formula is C14H11BrClFN2O2. The molecule has 0 heterocycles. The van der Waals surface area contributed by atoms with Gasteiger partial charge in [-0.15, -0.1) is 0 Å². The molecule has 0 aliphatic carbocycles. The second-order valence-electron chi connectivity index (χ2n) is 4.43. The van der Waals surface area contributed by atoms with Crippen LogP contribution in [0.4, 0.5) is 21.5 Å². The molecular weight excluding hydrogens is 363 g/mol. The van der Waals surface area contributed by atoms with Crippen LogP contribution in [0.3, 0.4) is 0 Å². The summed E-state index contributed by atoms with van der Waals surface area (Å²) in [7, 11) is 0. The Morgan fingerprint density at radius 3 is 2.62 bits per heavy atom. The number of carboxylic acids is 1. The minimum Gasteiger partial charge on any atom is -0.478 e. The first-order chi connectivity index (χ1) is 9.79. The molecule has 2 aromatic rings. The molecule has 0 saturated heterocycles. The maximum absolute atomic E-state index is 13.7. The molecule has 0 aromatic heterocycles. The highest BCUT2D eigenvalue weighted by Crippen LogP contribution is 2.33. The molecule has 2 rings (SSSR count). The zero-order valence-corrected chi connectivity index (χ0v) is 13.2. The Morgan fingerprint density at radius 1 is 1.33 bits per heavy atom. The monoisotopic (exact) mass is 372 g/mol. The highest BCUT2D eigenvalue weighted by atomic mass is 79.9. The molecule has 0 bridgehead atoms. The van der Waals surface area contributed by atoms with Gasteiger partial charge < -0.3 is 16.2 Å². The molecule has 0 fully saturated rings. The number of carbonyl (C=O) groups is 1. The SMILES string of the molecule is Cc1cc(Br)c(Nc2cc(F)c(C(=O)O)cc2N)cc1Cl. The molecule has 4 N–H and O–H groups in total. The van der Waals surface area contributed by atoms with Gasteiger partial charge in [0.15, 0.2) is 0 Å². The number of carboxylic acid groups (broad SMARTS) is 1.